The zero-order valence-electron chi connectivity index (χ0n) is 12.4. The second-order valence-corrected chi connectivity index (χ2v) is 18.2. The van der Waals surface area contributed by atoms with Gasteiger partial charge in [0, 0.05) is 18.0 Å². The molecule has 1 aromatic rings. The highest BCUT2D eigenvalue weighted by molar-refractivity contribution is 6.97. The molecule has 17 heavy (non-hydrogen) atoms. The van der Waals surface area contributed by atoms with Crippen LogP contribution in [0, 0.1) is 0 Å². The number of benzene rings is 1. The van der Waals surface area contributed by atoms with Crippen LogP contribution in [0.15, 0.2) is 30.3 Å². The lowest BCUT2D eigenvalue weighted by Crippen LogP contribution is -2.62. The third-order valence-corrected chi connectivity index (χ3v) is 12.4. The summed E-state index contributed by atoms with van der Waals surface area (Å²) in [6.07, 6.45) is 0. The Bertz CT molecular complexity index is 335. The van der Waals surface area contributed by atoms with E-state index in [1.165, 1.54) is 5.69 Å². The fraction of sp³-hybridized carbons (Fsp3) is 0.571. The Kier molecular flexibility index (Phi) is 4.25. The van der Waals surface area contributed by atoms with Gasteiger partial charge in [0.1, 0.15) is 0 Å². The lowest BCUT2D eigenvalue weighted by Gasteiger charge is -2.45. The first-order chi connectivity index (χ1) is 7.64. The summed E-state index contributed by atoms with van der Waals surface area (Å²) in [5.41, 5.74) is 1.36. The molecule has 0 spiro atoms. The first-order valence-electron chi connectivity index (χ1n) is 6.42. The first kappa shape index (κ1) is 14.5. The van der Waals surface area contributed by atoms with Crippen molar-refractivity contribution in [3.63, 3.8) is 0 Å². The van der Waals surface area contributed by atoms with Crippen LogP contribution in [0.1, 0.15) is 0 Å². The molecule has 0 saturated carbocycles. The van der Waals surface area contributed by atoms with E-state index in [9.17, 15) is 0 Å². The zero-order chi connectivity index (χ0) is 13.3. The van der Waals surface area contributed by atoms with Gasteiger partial charge in [-0.15, -0.1) is 0 Å². The van der Waals surface area contributed by atoms with E-state index in [1.54, 1.807) is 0 Å². The van der Waals surface area contributed by atoms with E-state index in [1.807, 2.05) is 0 Å². The standard InChI is InChI=1S/C14H27NSi2/c1-15(13-11-9-8-10-12-13)14(16(2,3)4)17(5,6)7/h8-12,14H,1-7H3. The van der Waals surface area contributed by atoms with E-state index in [0.717, 1.165) is 5.29 Å². The minimum atomic E-state index is -1.18. The Balaban J connectivity index is 3.09. The highest BCUT2D eigenvalue weighted by Gasteiger charge is 2.40. The summed E-state index contributed by atoms with van der Waals surface area (Å²) in [4.78, 5) is 2.54. The van der Waals surface area contributed by atoms with Crippen LogP contribution in [0.25, 0.3) is 0 Å². The molecular formula is C14H27NSi2. The first-order valence-corrected chi connectivity index (χ1v) is 13.6. The van der Waals surface area contributed by atoms with Crippen molar-refractivity contribution in [2.75, 3.05) is 11.9 Å². The van der Waals surface area contributed by atoms with Gasteiger partial charge in [0.05, 0.1) is 16.1 Å². The molecule has 0 fully saturated rings. The Morgan fingerprint density at radius 3 is 1.59 bits per heavy atom. The maximum absolute atomic E-state index is 2.54. The average molecular weight is 266 g/mol. The second-order valence-electron chi connectivity index (χ2n) is 7.08. The molecule has 0 aliphatic carbocycles. The lowest BCUT2D eigenvalue weighted by atomic mass is 10.3. The molecule has 0 bridgehead atoms. The Hall–Kier alpha value is -0.546. The van der Waals surface area contributed by atoms with Crippen LogP contribution in [0.5, 0.6) is 0 Å². The topological polar surface area (TPSA) is 3.24 Å². The predicted octanol–water partition coefficient (Wildman–Crippen LogP) is 4.25. The van der Waals surface area contributed by atoms with Crippen molar-refractivity contribution in [2.24, 2.45) is 0 Å². The van der Waals surface area contributed by atoms with Crippen LogP contribution in [0.3, 0.4) is 0 Å². The normalized spacial score (nSPS) is 12.9. The minimum absolute atomic E-state index is 0.775. The Labute approximate surface area is 109 Å². The molecule has 3 heteroatoms. The van der Waals surface area contributed by atoms with E-state index in [2.05, 4.69) is 81.6 Å². The van der Waals surface area contributed by atoms with E-state index in [-0.39, 0.29) is 0 Å². The summed E-state index contributed by atoms with van der Waals surface area (Å²) in [5.74, 6) is 0. The predicted molar refractivity (Wildman–Crippen MR) is 85.3 cm³/mol. The third kappa shape index (κ3) is 3.71. The average Bonchev–Trinajstić information content (AvgIpc) is 2.14. The Morgan fingerprint density at radius 2 is 1.24 bits per heavy atom. The molecule has 96 valence electrons. The maximum atomic E-state index is 2.54. The van der Waals surface area contributed by atoms with E-state index >= 15 is 0 Å². The summed E-state index contributed by atoms with van der Waals surface area (Å²) >= 11 is 0. The van der Waals surface area contributed by atoms with Crippen molar-refractivity contribution in [3.8, 4) is 0 Å². The van der Waals surface area contributed by atoms with Crippen LogP contribution in [-0.2, 0) is 0 Å². The molecule has 0 aliphatic rings. The van der Waals surface area contributed by atoms with Gasteiger partial charge in [-0.3, -0.25) is 0 Å². The number of hydrogen-bond donors (Lipinski definition) is 0. The second kappa shape index (κ2) is 4.98. The molecule has 0 unspecified atom stereocenters. The Morgan fingerprint density at radius 1 is 0.824 bits per heavy atom. The van der Waals surface area contributed by atoms with Gasteiger partial charge >= 0.3 is 0 Å². The maximum Gasteiger partial charge on any atom is 0.0667 e. The van der Waals surface area contributed by atoms with Crippen LogP contribution < -0.4 is 4.90 Å². The van der Waals surface area contributed by atoms with Gasteiger partial charge in [0.15, 0.2) is 0 Å². The van der Waals surface area contributed by atoms with Gasteiger partial charge in [-0.05, 0) is 12.1 Å². The van der Waals surface area contributed by atoms with Crippen molar-refractivity contribution in [3.05, 3.63) is 30.3 Å². The fourth-order valence-corrected chi connectivity index (χ4v) is 16.3. The van der Waals surface area contributed by atoms with Gasteiger partial charge in [-0.25, -0.2) is 0 Å². The van der Waals surface area contributed by atoms with E-state index < -0.39 is 16.1 Å². The van der Waals surface area contributed by atoms with E-state index in [4.69, 9.17) is 0 Å². The highest BCUT2D eigenvalue weighted by Crippen LogP contribution is 2.27. The minimum Gasteiger partial charge on any atom is -0.377 e. The van der Waals surface area contributed by atoms with Crippen LogP contribution >= 0.6 is 0 Å². The zero-order valence-corrected chi connectivity index (χ0v) is 14.4. The summed E-state index contributed by atoms with van der Waals surface area (Å²) in [6.45, 7) is 15.0. The van der Waals surface area contributed by atoms with Crippen molar-refractivity contribution in [1.82, 2.24) is 0 Å². The van der Waals surface area contributed by atoms with Gasteiger partial charge < -0.3 is 4.90 Å². The molecule has 0 atom stereocenters. The van der Waals surface area contributed by atoms with Crippen molar-refractivity contribution < 1.29 is 0 Å². The number of anilines is 1. The molecule has 0 amide bonds. The van der Waals surface area contributed by atoms with Gasteiger partial charge in [-0.1, -0.05) is 57.5 Å². The largest absolute Gasteiger partial charge is 0.377 e. The third-order valence-electron chi connectivity index (χ3n) is 3.19. The molecule has 1 nitrogen and oxygen atoms in total. The van der Waals surface area contributed by atoms with Gasteiger partial charge in [-0.2, -0.15) is 0 Å². The molecule has 0 radical (unpaired) electrons. The smallest absolute Gasteiger partial charge is 0.0667 e. The monoisotopic (exact) mass is 265 g/mol. The van der Waals surface area contributed by atoms with Crippen molar-refractivity contribution >= 4 is 21.8 Å². The summed E-state index contributed by atoms with van der Waals surface area (Å²) in [5, 5.41) is 0.775. The highest BCUT2D eigenvalue weighted by atomic mass is 28.4. The number of para-hydroxylation sites is 1. The molecular weight excluding hydrogens is 238 g/mol. The summed E-state index contributed by atoms with van der Waals surface area (Å²) in [6, 6.07) is 10.8. The number of nitrogens with zero attached hydrogens (tertiary/aromatic N) is 1. The quantitative estimate of drug-likeness (QED) is 0.736. The molecule has 0 N–H and O–H groups in total. The molecule has 1 rings (SSSR count). The van der Waals surface area contributed by atoms with Crippen LogP contribution in [0.2, 0.25) is 39.3 Å². The molecule has 1 aromatic carbocycles. The molecule has 0 aliphatic heterocycles. The fourth-order valence-electron chi connectivity index (χ4n) is 3.27. The SMILES string of the molecule is CN(c1ccccc1)C([Si](C)(C)C)[Si](C)(C)C. The van der Waals surface area contributed by atoms with Crippen LogP contribution in [-0.4, -0.2) is 28.5 Å². The van der Waals surface area contributed by atoms with E-state index in [0.29, 0.717) is 0 Å². The number of rotatable bonds is 4. The molecule has 0 saturated heterocycles. The summed E-state index contributed by atoms with van der Waals surface area (Å²) in [7, 11) is -0.0863. The number of hydrogen-bond acceptors (Lipinski definition) is 1. The lowest BCUT2D eigenvalue weighted by molar-refractivity contribution is 0.961. The van der Waals surface area contributed by atoms with Crippen molar-refractivity contribution in [2.45, 2.75) is 44.6 Å². The van der Waals surface area contributed by atoms with Gasteiger partial charge in [0.25, 0.3) is 0 Å². The molecule has 0 aromatic heterocycles. The van der Waals surface area contributed by atoms with Gasteiger partial charge in [0.2, 0.25) is 0 Å². The molecule has 0 heterocycles. The van der Waals surface area contributed by atoms with Crippen LogP contribution in [0.4, 0.5) is 5.69 Å². The summed E-state index contributed by atoms with van der Waals surface area (Å²) < 4.78 is 0. The van der Waals surface area contributed by atoms with Crippen molar-refractivity contribution in [1.29, 1.82) is 0 Å².